The molecule has 0 spiro atoms. The molecule has 0 aliphatic heterocycles. The lowest BCUT2D eigenvalue weighted by molar-refractivity contribution is -0.163. The Labute approximate surface area is 95.8 Å². The van der Waals surface area contributed by atoms with Gasteiger partial charge in [-0.2, -0.15) is 26.3 Å². The minimum absolute atomic E-state index is 0.332. The third-order valence-corrected chi connectivity index (χ3v) is 2.02. The van der Waals surface area contributed by atoms with Gasteiger partial charge in [-0.1, -0.05) is 0 Å². The second-order valence-electron chi connectivity index (χ2n) is 3.24. The standard InChI is InChI=1S/C9H5F6NO2/c10-8(11,12)5-3(7(16)18)1-2-4(17)6(5)9(13,14)15/h1-2,17H,(H2,16,18). The van der Waals surface area contributed by atoms with E-state index in [0.717, 1.165) is 0 Å². The Morgan fingerprint density at radius 2 is 1.44 bits per heavy atom. The fourth-order valence-electron chi connectivity index (χ4n) is 1.38. The van der Waals surface area contributed by atoms with Crippen LogP contribution < -0.4 is 5.73 Å². The zero-order valence-electron chi connectivity index (χ0n) is 8.36. The summed E-state index contributed by atoms with van der Waals surface area (Å²) in [4.78, 5) is 10.7. The maximum Gasteiger partial charge on any atom is 0.420 e. The summed E-state index contributed by atoms with van der Waals surface area (Å²) in [7, 11) is 0. The van der Waals surface area contributed by atoms with E-state index in [0.29, 0.717) is 12.1 Å². The van der Waals surface area contributed by atoms with Crippen LogP contribution in [0.25, 0.3) is 0 Å². The third-order valence-electron chi connectivity index (χ3n) is 2.02. The Balaban J connectivity index is 3.79. The quantitative estimate of drug-likeness (QED) is 0.772. The molecule has 0 heterocycles. The van der Waals surface area contributed by atoms with Crippen LogP contribution in [0.2, 0.25) is 0 Å². The first kappa shape index (κ1) is 14.1. The van der Waals surface area contributed by atoms with Gasteiger partial charge in [-0.05, 0) is 12.1 Å². The number of benzene rings is 1. The van der Waals surface area contributed by atoms with E-state index in [2.05, 4.69) is 5.73 Å². The molecular weight excluding hydrogens is 268 g/mol. The zero-order valence-corrected chi connectivity index (χ0v) is 8.36. The van der Waals surface area contributed by atoms with Crippen LogP contribution in [0.1, 0.15) is 21.5 Å². The van der Waals surface area contributed by atoms with Crippen LogP contribution in [-0.2, 0) is 12.4 Å². The van der Waals surface area contributed by atoms with Crippen molar-refractivity contribution in [1.29, 1.82) is 0 Å². The van der Waals surface area contributed by atoms with E-state index in [1.165, 1.54) is 0 Å². The summed E-state index contributed by atoms with van der Waals surface area (Å²) in [6, 6.07) is 0.716. The van der Waals surface area contributed by atoms with Gasteiger partial charge in [-0.15, -0.1) is 0 Å². The topological polar surface area (TPSA) is 63.3 Å². The van der Waals surface area contributed by atoms with Crippen molar-refractivity contribution >= 4 is 5.91 Å². The lowest BCUT2D eigenvalue weighted by Crippen LogP contribution is -2.24. The van der Waals surface area contributed by atoms with E-state index >= 15 is 0 Å². The number of rotatable bonds is 1. The summed E-state index contributed by atoms with van der Waals surface area (Å²) in [5.41, 5.74) is -1.39. The summed E-state index contributed by atoms with van der Waals surface area (Å²) >= 11 is 0. The molecule has 0 aliphatic carbocycles. The highest BCUT2D eigenvalue weighted by Gasteiger charge is 2.47. The van der Waals surface area contributed by atoms with Gasteiger partial charge in [0.2, 0.25) is 5.91 Å². The van der Waals surface area contributed by atoms with Gasteiger partial charge >= 0.3 is 12.4 Å². The Hall–Kier alpha value is -1.93. The van der Waals surface area contributed by atoms with Crippen LogP contribution in [0.15, 0.2) is 12.1 Å². The van der Waals surface area contributed by atoms with Gasteiger partial charge in [0.25, 0.3) is 0 Å². The maximum absolute atomic E-state index is 12.6. The molecule has 0 atom stereocenters. The molecule has 9 heteroatoms. The van der Waals surface area contributed by atoms with Gasteiger partial charge in [0.15, 0.2) is 0 Å². The van der Waals surface area contributed by atoms with Gasteiger partial charge in [-0.25, -0.2) is 0 Å². The average Bonchev–Trinajstić information content (AvgIpc) is 2.13. The molecule has 0 radical (unpaired) electrons. The minimum Gasteiger partial charge on any atom is -0.507 e. The smallest absolute Gasteiger partial charge is 0.420 e. The number of phenols is 1. The summed E-state index contributed by atoms with van der Waals surface area (Å²) in [6.07, 6.45) is -11.0. The number of primary amides is 1. The first-order chi connectivity index (χ1) is 7.96. The fourth-order valence-corrected chi connectivity index (χ4v) is 1.38. The number of carbonyl (C=O) groups excluding carboxylic acids is 1. The monoisotopic (exact) mass is 273 g/mol. The van der Waals surface area contributed by atoms with Crippen molar-refractivity contribution < 1.29 is 36.2 Å². The van der Waals surface area contributed by atoms with Crippen LogP contribution in [-0.4, -0.2) is 11.0 Å². The number of amides is 1. The van der Waals surface area contributed by atoms with E-state index in [4.69, 9.17) is 5.11 Å². The number of phenolic OH excluding ortho intramolecular Hbond substituents is 1. The van der Waals surface area contributed by atoms with Crippen molar-refractivity contribution in [3.8, 4) is 5.75 Å². The van der Waals surface area contributed by atoms with Crippen LogP contribution >= 0.6 is 0 Å². The first-order valence-corrected chi connectivity index (χ1v) is 4.26. The Bertz CT molecular complexity index is 491. The summed E-state index contributed by atoms with van der Waals surface area (Å²) in [5, 5.41) is 8.92. The molecule has 0 aliphatic rings. The Morgan fingerprint density at radius 3 is 1.78 bits per heavy atom. The van der Waals surface area contributed by atoms with E-state index in [1.54, 1.807) is 0 Å². The molecule has 18 heavy (non-hydrogen) atoms. The van der Waals surface area contributed by atoms with Crippen LogP contribution in [0.3, 0.4) is 0 Å². The predicted molar refractivity (Wildman–Crippen MR) is 46.6 cm³/mol. The number of hydrogen-bond donors (Lipinski definition) is 2. The van der Waals surface area contributed by atoms with Gasteiger partial charge < -0.3 is 10.8 Å². The number of hydrogen-bond acceptors (Lipinski definition) is 2. The lowest BCUT2D eigenvalue weighted by Gasteiger charge is -2.18. The van der Waals surface area contributed by atoms with E-state index in [9.17, 15) is 31.1 Å². The third kappa shape index (κ3) is 2.49. The predicted octanol–water partition coefficient (Wildman–Crippen LogP) is 2.53. The van der Waals surface area contributed by atoms with Gasteiger partial charge in [-0.3, -0.25) is 4.79 Å². The first-order valence-electron chi connectivity index (χ1n) is 4.26. The Kier molecular flexibility index (Phi) is 3.20. The zero-order chi connectivity index (χ0) is 14.3. The molecule has 0 unspecified atom stereocenters. The lowest BCUT2D eigenvalue weighted by atomic mass is 9.98. The molecule has 3 nitrogen and oxygen atoms in total. The molecule has 1 aromatic carbocycles. The largest absolute Gasteiger partial charge is 0.507 e. The van der Waals surface area contributed by atoms with E-state index in [-0.39, 0.29) is 0 Å². The molecule has 0 fully saturated rings. The normalized spacial score (nSPS) is 12.6. The van der Waals surface area contributed by atoms with Crippen molar-refractivity contribution in [2.45, 2.75) is 12.4 Å². The minimum atomic E-state index is -5.48. The van der Waals surface area contributed by atoms with E-state index in [1.807, 2.05) is 0 Å². The molecular formula is C9H5F6NO2. The second-order valence-corrected chi connectivity index (χ2v) is 3.24. The molecule has 1 rings (SSSR count). The molecule has 1 aromatic rings. The van der Waals surface area contributed by atoms with Gasteiger partial charge in [0, 0.05) is 0 Å². The van der Waals surface area contributed by atoms with Crippen LogP contribution in [0.5, 0.6) is 5.75 Å². The van der Waals surface area contributed by atoms with Gasteiger partial charge in [0.05, 0.1) is 11.1 Å². The molecule has 0 saturated heterocycles. The number of aromatic hydroxyl groups is 1. The molecule has 3 N–H and O–H groups in total. The van der Waals surface area contributed by atoms with Crippen LogP contribution in [0.4, 0.5) is 26.3 Å². The van der Waals surface area contributed by atoms with Crippen molar-refractivity contribution in [3.05, 3.63) is 28.8 Å². The van der Waals surface area contributed by atoms with Crippen molar-refractivity contribution in [3.63, 3.8) is 0 Å². The number of alkyl halides is 6. The fraction of sp³-hybridized carbons (Fsp3) is 0.222. The van der Waals surface area contributed by atoms with Crippen molar-refractivity contribution in [2.75, 3.05) is 0 Å². The van der Waals surface area contributed by atoms with Gasteiger partial charge in [0.1, 0.15) is 11.3 Å². The molecule has 0 saturated carbocycles. The SMILES string of the molecule is NC(=O)c1ccc(O)c(C(F)(F)F)c1C(F)(F)F. The molecule has 1 amide bonds. The van der Waals surface area contributed by atoms with Crippen LogP contribution in [0, 0.1) is 0 Å². The summed E-state index contributed by atoms with van der Waals surface area (Å²) in [6.45, 7) is 0. The van der Waals surface area contributed by atoms with E-state index < -0.39 is 40.7 Å². The number of carbonyl (C=O) groups is 1. The summed E-state index contributed by atoms with van der Waals surface area (Å²) < 4.78 is 75.1. The molecule has 0 aromatic heterocycles. The summed E-state index contributed by atoms with van der Waals surface area (Å²) in [5.74, 6) is -3.30. The van der Waals surface area contributed by atoms with Crippen molar-refractivity contribution in [2.24, 2.45) is 5.73 Å². The Morgan fingerprint density at radius 1 is 1.00 bits per heavy atom. The number of nitrogens with two attached hydrogens (primary N) is 1. The second kappa shape index (κ2) is 4.07. The molecule has 100 valence electrons. The maximum atomic E-state index is 12.6. The highest BCUT2D eigenvalue weighted by molar-refractivity contribution is 5.95. The number of halogens is 6. The van der Waals surface area contributed by atoms with Crippen molar-refractivity contribution in [1.82, 2.24) is 0 Å². The highest BCUT2D eigenvalue weighted by atomic mass is 19.4. The highest BCUT2D eigenvalue weighted by Crippen LogP contribution is 2.45. The average molecular weight is 273 g/mol. The molecule has 0 bridgehead atoms.